The van der Waals surface area contributed by atoms with E-state index in [2.05, 4.69) is 24.3 Å². The fourth-order valence-electron chi connectivity index (χ4n) is 2.38. The highest BCUT2D eigenvalue weighted by atomic mass is 16.6. The van der Waals surface area contributed by atoms with E-state index in [-0.39, 0.29) is 10.6 Å². The first-order valence-electron chi connectivity index (χ1n) is 7.48. The molecule has 0 amide bonds. The minimum atomic E-state index is -0.291. The minimum absolute atomic E-state index is 0.212. The largest absolute Gasteiger partial charge is 0.316 e. The van der Waals surface area contributed by atoms with E-state index in [9.17, 15) is 10.1 Å². The second kappa shape index (κ2) is 7.99. The molecule has 0 aromatic carbocycles. The molecule has 0 bridgehead atoms. The van der Waals surface area contributed by atoms with Gasteiger partial charge in [0.25, 0.3) is 0 Å². The highest BCUT2D eigenvalue weighted by Gasteiger charge is 2.25. The monoisotopic (exact) mass is 282 g/mol. The fourth-order valence-corrected chi connectivity index (χ4v) is 2.38. The molecule has 1 heterocycles. The third-order valence-electron chi connectivity index (χ3n) is 3.36. The second-order valence-electron chi connectivity index (χ2n) is 5.20. The maximum absolute atomic E-state index is 11.2. The predicted octanol–water partition coefficient (Wildman–Crippen LogP) is 2.55. The first kappa shape index (κ1) is 16.6. The van der Waals surface area contributed by atoms with Crippen molar-refractivity contribution in [1.29, 1.82) is 0 Å². The highest BCUT2D eigenvalue weighted by Crippen LogP contribution is 2.25. The first-order chi connectivity index (χ1) is 9.54. The van der Waals surface area contributed by atoms with Gasteiger partial charge in [0.2, 0.25) is 0 Å². The number of aryl methyl sites for hydroxylation is 1. The van der Waals surface area contributed by atoms with Crippen LogP contribution in [0.25, 0.3) is 0 Å². The van der Waals surface area contributed by atoms with Crippen molar-refractivity contribution >= 4 is 5.69 Å². The number of nitro groups is 1. The summed E-state index contributed by atoms with van der Waals surface area (Å²) in [5.41, 5.74) is 1.55. The van der Waals surface area contributed by atoms with Crippen LogP contribution in [0.3, 0.4) is 0 Å². The Morgan fingerprint density at radius 2 is 2.05 bits per heavy atom. The van der Waals surface area contributed by atoms with Crippen LogP contribution in [0.4, 0.5) is 5.69 Å². The average molecular weight is 282 g/mol. The molecular weight excluding hydrogens is 256 g/mol. The Morgan fingerprint density at radius 1 is 1.35 bits per heavy atom. The van der Waals surface area contributed by atoms with Crippen molar-refractivity contribution in [2.75, 3.05) is 13.1 Å². The molecule has 114 valence electrons. The highest BCUT2D eigenvalue weighted by molar-refractivity contribution is 5.41. The second-order valence-corrected chi connectivity index (χ2v) is 5.20. The lowest BCUT2D eigenvalue weighted by atomic mass is 10.1. The Bertz CT molecular complexity index is 443. The predicted molar refractivity (Wildman–Crippen MR) is 80.0 cm³/mol. The number of aromatic nitrogens is 2. The van der Waals surface area contributed by atoms with Gasteiger partial charge in [-0.3, -0.25) is 14.8 Å². The Balaban J connectivity index is 2.86. The van der Waals surface area contributed by atoms with Crippen molar-refractivity contribution < 1.29 is 4.92 Å². The zero-order valence-electron chi connectivity index (χ0n) is 13.0. The van der Waals surface area contributed by atoms with Crippen LogP contribution < -0.4 is 5.32 Å². The zero-order valence-corrected chi connectivity index (χ0v) is 13.0. The summed E-state index contributed by atoms with van der Waals surface area (Å²) in [5, 5.41) is 19.0. The molecular formula is C14H26N4O2. The lowest BCUT2D eigenvalue weighted by molar-refractivity contribution is -0.386. The summed E-state index contributed by atoms with van der Waals surface area (Å²) in [4.78, 5) is 10.9. The van der Waals surface area contributed by atoms with Gasteiger partial charge in [0.05, 0.1) is 4.92 Å². The normalized spacial score (nSPS) is 12.6. The average Bonchev–Trinajstić information content (AvgIpc) is 2.76. The smallest absolute Gasteiger partial charge is 0.313 e. The molecule has 0 aliphatic heterocycles. The first-order valence-corrected chi connectivity index (χ1v) is 7.48. The summed E-state index contributed by atoms with van der Waals surface area (Å²) < 4.78 is 1.83. The molecule has 0 radical (unpaired) electrons. The SMILES string of the molecule is CCCNCC(C)Cn1nc(CC)c([N+](=O)[O-])c1CC. The molecule has 0 saturated heterocycles. The molecule has 0 fully saturated rings. The van der Waals surface area contributed by atoms with Gasteiger partial charge >= 0.3 is 5.69 Å². The molecule has 1 aromatic heterocycles. The van der Waals surface area contributed by atoms with E-state index in [1.807, 2.05) is 18.5 Å². The summed E-state index contributed by atoms with van der Waals surface area (Å²) in [5.74, 6) is 0.399. The van der Waals surface area contributed by atoms with Crippen molar-refractivity contribution in [2.45, 2.75) is 53.5 Å². The van der Waals surface area contributed by atoms with Crippen molar-refractivity contribution in [3.05, 3.63) is 21.5 Å². The van der Waals surface area contributed by atoms with Gasteiger partial charge in [-0.15, -0.1) is 0 Å². The van der Waals surface area contributed by atoms with Gasteiger partial charge in [-0.05, 0) is 38.3 Å². The fraction of sp³-hybridized carbons (Fsp3) is 0.786. The molecule has 6 heteroatoms. The minimum Gasteiger partial charge on any atom is -0.316 e. The number of nitrogens with one attached hydrogen (secondary N) is 1. The van der Waals surface area contributed by atoms with Crippen LogP contribution in [0.5, 0.6) is 0 Å². The summed E-state index contributed by atoms with van der Waals surface area (Å²) in [6.07, 6.45) is 2.34. The van der Waals surface area contributed by atoms with Crippen molar-refractivity contribution in [3.8, 4) is 0 Å². The van der Waals surface area contributed by atoms with Gasteiger partial charge in [0.15, 0.2) is 0 Å². The van der Waals surface area contributed by atoms with Gasteiger partial charge < -0.3 is 5.32 Å². The van der Waals surface area contributed by atoms with Crippen LogP contribution in [0.2, 0.25) is 0 Å². The van der Waals surface area contributed by atoms with Gasteiger partial charge in [-0.1, -0.05) is 27.7 Å². The number of nitrogens with zero attached hydrogens (tertiary/aromatic N) is 3. The standard InChI is InChI=1S/C14H26N4O2/c1-5-8-15-9-11(4)10-17-13(7-3)14(18(19)20)12(6-2)16-17/h11,15H,5-10H2,1-4H3. The topological polar surface area (TPSA) is 73.0 Å². The third-order valence-corrected chi connectivity index (χ3v) is 3.36. The van der Waals surface area contributed by atoms with Gasteiger partial charge in [0, 0.05) is 6.54 Å². The molecule has 1 rings (SSSR count). The Hall–Kier alpha value is -1.43. The van der Waals surface area contributed by atoms with Crippen LogP contribution >= 0.6 is 0 Å². The van der Waals surface area contributed by atoms with E-state index in [1.165, 1.54) is 0 Å². The van der Waals surface area contributed by atoms with E-state index in [0.29, 0.717) is 24.5 Å². The quantitative estimate of drug-likeness (QED) is 0.429. The lowest BCUT2D eigenvalue weighted by Crippen LogP contribution is -2.25. The molecule has 1 atom stereocenters. The van der Waals surface area contributed by atoms with Gasteiger partial charge in [0.1, 0.15) is 11.4 Å². The molecule has 20 heavy (non-hydrogen) atoms. The lowest BCUT2D eigenvalue weighted by Gasteiger charge is -2.13. The Kier molecular flexibility index (Phi) is 6.64. The molecule has 1 aromatic rings. The van der Waals surface area contributed by atoms with Crippen molar-refractivity contribution in [1.82, 2.24) is 15.1 Å². The number of hydrogen-bond donors (Lipinski definition) is 1. The van der Waals surface area contributed by atoms with Crippen LogP contribution in [-0.4, -0.2) is 27.8 Å². The van der Waals surface area contributed by atoms with Crippen molar-refractivity contribution in [2.24, 2.45) is 5.92 Å². The maximum Gasteiger partial charge on any atom is 0.313 e. The van der Waals surface area contributed by atoms with Gasteiger partial charge in [-0.25, -0.2) is 0 Å². The van der Waals surface area contributed by atoms with Crippen LogP contribution in [0, 0.1) is 16.0 Å². The van der Waals surface area contributed by atoms with E-state index < -0.39 is 0 Å². The van der Waals surface area contributed by atoms with Gasteiger partial charge in [-0.2, -0.15) is 5.10 Å². The summed E-state index contributed by atoms with van der Waals surface area (Å²) in [6.45, 7) is 10.8. The number of rotatable bonds is 9. The van der Waals surface area contributed by atoms with E-state index in [4.69, 9.17) is 0 Å². The summed E-state index contributed by atoms with van der Waals surface area (Å²) >= 11 is 0. The molecule has 1 N–H and O–H groups in total. The molecule has 0 saturated carbocycles. The van der Waals surface area contributed by atoms with E-state index >= 15 is 0 Å². The van der Waals surface area contributed by atoms with E-state index in [0.717, 1.165) is 31.7 Å². The maximum atomic E-state index is 11.2. The zero-order chi connectivity index (χ0) is 15.1. The third kappa shape index (κ3) is 4.03. The van der Waals surface area contributed by atoms with Crippen LogP contribution in [-0.2, 0) is 19.4 Å². The number of hydrogen-bond acceptors (Lipinski definition) is 4. The summed E-state index contributed by atoms with van der Waals surface area (Å²) in [6, 6.07) is 0. The molecule has 0 spiro atoms. The van der Waals surface area contributed by atoms with Crippen molar-refractivity contribution in [3.63, 3.8) is 0 Å². The summed E-state index contributed by atoms with van der Waals surface area (Å²) in [7, 11) is 0. The molecule has 0 aliphatic rings. The van der Waals surface area contributed by atoms with Crippen LogP contribution in [0.1, 0.15) is 45.5 Å². The molecule has 6 nitrogen and oxygen atoms in total. The molecule has 1 unspecified atom stereocenters. The Labute approximate surface area is 120 Å². The van der Waals surface area contributed by atoms with E-state index in [1.54, 1.807) is 0 Å². The van der Waals surface area contributed by atoms with Crippen LogP contribution in [0.15, 0.2) is 0 Å². The molecule has 0 aliphatic carbocycles. The Morgan fingerprint density at radius 3 is 2.55 bits per heavy atom.